The number of rotatable bonds is 7. The number of aryl methyl sites for hydroxylation is 2. The van der Waals surface area contributed by atoms with Crippen molar-refractivity contribution in [3.63, 3.8) is 0 Å². The fraction of sp³-hybridized carbons (Fsp3) is 0.172. The number of hydrogen-bond acceptors (Lipinski definition) is 2. The van der Waals surface area contributed by atoms with E-state index in [2.05, 4.69) is 53.6 Å². The van der Waals surface area contributed by atoms with E-state index in [1.807, 2.05) is 48.5 Å². The summed E-state index contributed by atoms with van der Waals surface area (Å²) in [4.78, 5) is 20.9. The van der Waals surface area contributed by atoms with Gasteiger partial charge in [0.2, 0.25) is 5.91 Å². The number of aromatic nitrogens is 2. The average Bonchev–Trinajstić information content (AvgIpc) is 3.20. The smallest absolute Gasteiger partial charge is 0.220 e. The van der Waals surface area contributed by atoms with Gasteiger partial charge in [0.1, 0.15) is 0 Å². The van der Waals surface area contributed by atoms with Crippen LogP contribution in [0.5, 0.6) is 0 Å². The Morgan fingerprint density at radius 3 is 2.64 bits per heavy atom. The molecule has 0 atom stereocenters. The summed E-state index contributed by atoms with van der Waals surface area (Å²) in [6.45, 7) is 2.68. The molecule has 5 rings (SSSR count). The zero-order valence-electron chi connectivity index (χ0n) is 18.8. The number of H-pyrrole nitrogens is 1. The monoisotopic (exact) mass is 433 g/mol. The van der Waals surface area contributed by atoms with Gasteiger partial charge in [0.05, 0.1) is 16.9 Å². The van der Waals surface area contributed by atoms with Crippen LogP contribution in [0.1, 0.15) is 29.5 Å². The van der Waals surface area contributed by atoms with Gasteiger partial charge in [0.15, 0.2) is 0 Å². The summed E-state index contributed by atoms with van der Waals surface area (Å²) in [5.41, 5.74) is 7.64. The van der Waals surface area contributed by atoms with Gasteiger partial charge in [-0.2, -0.15) is 0 Å². The molecular weight excluding hydrogens is 406 g/mol. The molecule has 0 radical (unpaired) electrons. The number of carbonyl (C=O) groups excluding carboxylic acids is 1. The van der Waals surface area contributed by atoms with Gasteiger partial charge in [-0.05, 0) is 55.2 Å². The molecule has 2 N–H and O–H groups in total. The van der Waals surface area contributed by atoms with Crippen LogP contribution >= 0.6 is 0 Å². The van der Waals surface area contributed by atoms with Gasteiger partial charge < -0.3 is 10.3 Å². The first-order valence-corrected chi connectivity index (χ1v) is 11.5. The van der Waals surface area contributed by atoms with Gasteiger partial charge in [0, 0.05) is 29.3 Å². The highest BCUT2D eigenvalue weighted by Gasteiger charge is 2.15. The predicted molar refractivity (Wildman–Crippen MR) is 135 cm³/mol. The standard InChI is InChI=1S/C29H27N3O/c1-20-14-16-26-24(18-20)23(11-7-13-28(33)30-19-21-8-3-2-4-9-21)29(32-26)27-17-15-22-10-5-6-12-25(22)31-27/h2-6,8-10,12,14-18,32H,7,11,13,19H2,1H3,(H,30,33). The summed E-state index contributed by atoms with van der Waals surface area (Å²) in [7, 11) is 0. The summed E-state index contributed by atoms with van der Waals surface area (Å²) < 4.78 is 0. The lowest BCUT2D eigenvalue weighted by atomic mass is 10.0. The van der Waals surface area contributed by atoms with Crippen molar-refractivity contribution in [3.05, 3.63) is 102 Å². The van der Waals surface area contributed by atoms with Crippen LogP contribution in [0.2, 0.25) is 0 Å². The summed E-state index contributed by atoms with van der Waals surface area (Å²) in [6, 6.07) is 28.9. The summed E-state index contributed by atoms with van der Waals surface area (Å²) in [6.07, 6.45) is 2.09. The van der Waals surface area contributed by atoms with Gasteiger partial charge in [-0.3, -0.25) is 4.79 Å². The van der Waals surface area contributed by atoms with Crippen molar-refractivity contribution in [2.45, 2.75) is 32.7 Å². The third-order valence-electron chi connectivity index (χ3n) is 6.08. The van der Waals surface area contributed by atoms with Crippen LogP contribution in [0.15, 0.2) is 84.9 Å². The second kappa shape index (κ2) is 9.29. The molecule has 3 aromatic carbocycles. The van der Waals surface area contributed by atoms with E-state index in [0.29, 0.717) is 13.0 Å². The molecule has 0 aliphatic heterocycles. The molecule has 33 heavy (non-hydrogen) atoms. The maximum absolute atomic E-state index is 12.4. The zero-order valence-corrected chi connectivity index (χ0v) is 18.8. The van der Waals surface area contributed by atoms with Crippen molar-refractivity contribution in [3.8, 4) is 11.4 Å². The molecule has 0 fully saturated rings. The second-order valence-corrected chi connectivity index (χ2v) is 8.53. The predicted octanol–water partition coefficient (Wildman–Crippen LogP) is 6.33. The number of aromatic amines is 1. The minimum absolute atomic E-state index is 0.0836. The number of nitrogens with zero attached hydrogens (tertiary/aromatic N) is 1. The van der Waals surface area contributed by atoms with Crippen molar-refractivity contribution in [1.29, 1.82) is 0 Å². The Labute approximate surface area is 193 Å². The lowest BCUT2D eigenvalue weighted by molar-refractivity contribution is -0.121. The Kier molecular flexibility index (Phi) is 5.90. The first-order chi connectivity index (χ1) is 16.2. The lowest BCUT2D eigenvalue weighted by Crippen LogP contribution is -2.22. The molecule has 4 heteroatoms. The number of fused-ring (bicyclic) bond motifs is 2. The highest BCUT2D eigenvalue weighted by atomic mass is 16.1. The lowest BCUT2D eigenvalue weighted by Gasteiger charge is -2.08. The van der Waals surface area contributed by atoms with Crippen molar-refractivity contribution >= 4 is 27.7 Å². The largest absolute Gasteiger partial charge is 0.353 e. The van der Waals surface area contributed by atoms with Gasteiger partial charge in [-0.1, -0.05) is 66.2 Å². The highest BCUT2D eigenvalue weighted by molar-refractivity contribution is 5.92. The third-order valence-corrected chi connectivity index (χ3v) is 6.08. The van der Waals surface area contributed by atoms with E-state index < -0.39 is 0 Å². The number of carbonyl (C=O) groups is 1. The van der Waals surface area contributed by atoms with E-state index in [4.69, 9.17) is 4.98 Å². The molecule has 2 heterocycles. The Balaban J connectivity index is 1.37. The number of pyridine rings is 1. The molecule has 0 saturated carbocycles. The first-order valence-electron chi connectivity index (χ1n) is 11.5. The number of amides is 1. The Morgan fingerprint density at radius 2 is 1.76 bits per heavy atom. The number of hydrogen-bond donors (Lipinski definition) is 2. The van der Waals surface area contributed by atoms with E-state index in [-0.39, 0.29) is 5.91 Å². The van der Waals surface area contributed by atoms with E-state index in [1.165, 1.54) is 16.5 Å². The van der Waals surface area contributed by atoms with Crippen LogP contribution in [-0.2, 0) is 17.8 Å². The van der Waals surface area contributed by atoms with Crippen molar-refractivity contribution in [2.24, 2.45) is 0 Å². The van der Waals surface area contributed by atoms with Gasteiger partial charge in [-0.25, -0.2) is 4.98 Å². The summed E-state index contributed by atoms with van der Waals surface area (Å²) in [5.74, 6) is 0.0836. The number of para-hydroxylation sites is 1. The minimum Gasteiger partial charge on any atom is -0.353 e. The van der Waals surface area contributed by atoms with Crippen LogP contribution in [-0.4, -0.2) is 15.9 Å². The molecular formula is C29H27N3O. The molecule has 4 nitrogen and oxygen atoms in total. The third kappa shape index (κ3) is 4.65. The van der Waals surface area contributed by atoms with E-state index in [9.17, 15) is 4.79 Å². The Morgan fingerprint density at radius 1 is 0.939 bits per heavy atom. The topological polar surface area (TPSA) is 57.8 Å². The molecule has 0 spiro atoms. The minimum atomic E-state index is 0.0836. The summed E-state index contributed by atoms with van der Waals surface area (Å²) in [5, 5.41) is 5.37. The maximum atomic E-state index is 12.4. The molecule has 1 amide bonds. The molecule has 0 unspecified atom stereocenters. The molecule has 164 valence electrons. The van der Waals surface area contributed by atoms with Crippen LogP contribution in [0, 0.1) is 6.92 Å². The Hall–Kier alpha value is -3.92. The Bertz CT molecular complexity index is 1420. The van der Waals surface area contributed by atoms with Gasteiger partial charge >= 0.3 is 0 Å². The number of nitrogens with one attached hydrogen (secondary N) is 2. The highest BCUT2D eigenvalue weighted by Crippen LogP contribution is 2.32. The van der Waals surface area contributed by atoms with E-state index >= 15 is 0 Å². The van der Waals surface area contributed by atoms with Crippen LogP contribution in [0.4, 0.5) is 0 Å². The van der Waals surface area contributed by atoms with Crippen molar-refractivity contribution in [2.75, 3.05) is 0 Å². The first kappa shape index (κ1) is 21.0. The normalized spacial score (nSPS) is 11.2. The molecule has 5 aromatic rings. The summed E-state index contributed by atoms with van der Waals surface area (Å²) >= 11 is 0. The fourth-order valence-electron chi connectivity index (χ4n) is 4.36. The van der Waals surface area contributed by atoms with Gasteiger partial charge in [-0.15, -0.1) is 0 Å². The number of benzene rings is 3. The second-order valence-electron chi connectivity index (χ2n) is 8.53. The zero-order chi connectivity index (χ0) is 22.6. The van der Waals surface area contributed by atoms with Crippen LogP contribution < -0.4 is 5.32 Å². The van der Waals surface area contributed by atoms with E-state index in [0.717, 1.165) is 46.2 Å². The van der Waals surface area contributed by atoms with Crippen molar-refractivity contribution in [1.82, 2.24) is 15.3 Å². The average molecular weight is 434 g/mol. The molecule has 0 saturated heterocycles. The maximum Gasteiger partial charge on any atom is 0.220 e. The van der Waals surface area contributed by atoms with Crippen LogP contribution in [0.3, 0.4) is 0 Å². The molecule has 0 aliphatic rings. The quantitative estimate of drug-likeness (QED) is 0.315. The van der Waals surface area contributed by atoms with Crippen LogP contribution in [0.25, 0.3) is 33.2 Å². The molecule has 0 aliphatic carbocycles. The molecule has 0 bridgehead atoms. The van der Waals surface area contributed by atoms with Crippen molar-refractivity contribution < 1.29 is 4.79 Å². The molecule has 2 aromatic heterocycles. The van der Waals surface area contributed by atoms with E-state index in [1.54, 1.807) is 0 Å². The fourth-order valence-corrected chi connectivity index (χ4v) is 4.36. The van der Waals surface area contributed by atoms with Gasteiger partial charge in [0.25, 0.3) is 0 Å². The SMILES string of the molecule is Cc1ccc2[nH]c(-c3ccc4ccccc4n3)c(CCCC(=O)NCc3ccccc3)c2c1.